The lowest BCUT2D eigenvalue weighted by Crippen LogP contribution is -2.43. The van der Waals surface area contributed by atoms with Crippen LogP contribution in [0.3, 0.4) is 0 Å². The van der Waals surface area contributed by atoms with E-state index < -0.39 is 0 Å². The largest absolute Gasteiger partial charge is 0.486 e. The van der Waals surface area contributed by atoms with E-state index in [0.29, 0.717) is 36.4 Å². The van der Waals surface area contributed by atoms with Crippen LogP contribution in [0.15, 0.2) is 18.2 Å². The Morgan fingerprint density at radius 1 is 1.08 bits per heavy atom. The molecule has 0 unspecified atom stereocenters. The van der Waals surface area contributed by atoms with Gasteiger partial charge in [0.05, 0.1) is 0 Å². The number of hydrazine groups is 1. The smallest absolute Gasteiger partial charge is 0.238 e. The number of nitrogens with one attached hydrogen (secondary N) is 3. The second-order valence-electron chi connectivity index (χ2n) is 6.53. The number of carbonyl (C=O) groups is 1. The molecule has 1 aliphatic heterocycles. The van der Waals surface area contributed by atoms with E-state index >= 15 is 0 Å². The maximum atomic E-state index is 11.9. The van der Waals surface area contributed by atoms with Gasteiger partial charge in [-0.2, -0.15) is 0 Å². The summed E-state index contributed by atoms with van der Waals surface area (Å²) in [4.78, 5) is 11.9. The fourth-order valence-electron chi connectivity index (χ4n) is 3.28. The number of ether oxygens (including phenoxy) is 2. The van der Waals surface area contributed by atoms with E-state index in [2.05, 4.69) is 16.2 Å². The van der Waals surface area contributed by atoms with Crippen molar-refractivity contribution in [2.45, 2.75) is 44.9 Å². The zero-order chi connectivity index (χ0) is 17.5. The summed E-state index contributed by atoms with van der Waals surface area (Å²) in [6, 6.07) is 5.52. The summed E-state index contributed by atoms with van der Waals surface area (Å²) in [5.74, 6) is 2.08. The number of rotatable bonds is 4. The SMILES string of the molecule is O=C(CCC1CCCCC1)NNC(=S)Nc1ccc2c(c1)OCCO2. The Hall–Kier alpha value is -2.02. The van der Waals surface area contributed by atoms with Crippen LogP contribution >= 0.6 is 12.2 Å². The molecule has 1 heterocycles. The summed E-state index contributed by atoms with van der Waals surface area (Å²) in [5.41, 5.74) is 6.18. The summed E-state index contributed by atoms with van der Waals surface area (Å²) in [6.07, 6.45) is 7.93. The molecule has 0 atom stereocenters. The minimum absolute atomic E-state index is 0.0307. The molecule has 1 amide bonds. The Morgan fingerprint density at radius 2 is 1.84 bits per heavy atom. The number of benzene rings is 1. The number of fused-ring (bicyclic) bond motifs is 1. The fourth-order valence-corrected chi connectivity index (χ4v) is 3.45. The highest BCUT2D eigenvalue weighted by Gasteiger charge is 2.15. The predicted molar refractivity (Wildman–Crippen MR) is 101 cm³/mol. The molecule has 6 nitrogen and oxygen atoms in total. The standard InChI is InChI=1S/C18H25N3O3S/c22-17(9-6-13-4-2-1-3-5-13)20-21-18(25)19-14-7-8-15-16(12-14)24-11-10-23-15/h7-8,12-13H,1-6,9-11H2,(H,20,22)(H2,19,21,25). The van der Waals surface area contributed by atoms with Crippen LogP contribution in [-0.2, 0) is 4.79 Å². The first kappa shape index (κ1) is 17.8. The monoisotopic (exact) mass is 363 g/mol. The number of hydrogen-bond acceptors (Lipinski definition) is 4. The lowest BCUT2D eigenvalue weighted by Gasteiger charge is -2.21. The van der Waals surface area contributed by atoms with Crippen LogP contribution in [0.1, 0.15) is 44.9 Å². The van der Waals surface area contributed by atoms with Crippen LogP contribution in [0.5, 0.6) is 11.5 Å². The van der Waals surface area contributed by atoms with E-state index in [1.165, 1.54) is 32.1 Å². The summed E-state index contributed by atoms with van der Waals surface area (Å²) >= 11 is 5.21. The first-order valence-corrected chi connectivity index (χ1v) is 9.37. The van der Waals surface area contributed by atoms with Gasteiger partial charge < -0.3 is 14.8 Å². The molecule has 0 radical (unpaired) electrons. The van der Waals surface area contributed by atoms with Crippen molar-refractivity contribution < 1.29 is 14.3 Å². The van der Waals surface area contributed by atoms with Gasteiger partial charge in [-0.25, -0.2) is 0 Å². The molecule has 0 aromatic heterocycles. The molecule has 7 heteroatoms. The van der Waals surface area contributed by atoms with Crippen molar-refractivity contribution in [3.8, 4) is 11.5 Å². The predicted octanol–water partition coefficient (Wildman–Crippen LogP) is 3.14. The Balaban J connectivity index is 1.38. The summed E-state index contributed by atoms with van der Waals surface area (Å²) in [6.45, 7) is 1.10. The molecule has 0 saturated heterocycles. The third-order valence-electron chi connectivity index (χ3n) is 4.62. The Morgan fingerprint density at radius 3 is 2.64 bits per heavy atom. The molecule has 1 saturated carbocycles. The third kappa shape index (κ3) is 5.49. The molecule has 0 spiro atoms. The molecule has 1 fully saturated rings. The van der Waals surface area contributed by atoms with Gasteiger partial charge in [0.15, 0.2) is 16.6 Å². The van der Waals surface area contributed by atoms with E-state index in [1.54, 1.807) is 0 Å². The number of hydrogen-bond donors (Lipinski definition) is 3. The quantitative estimate of drug-likeness (QED) is 0.564. The van der Waals surface area contributed by atoms with Crippen molar-refractivity contribution in [3.05, 3.63) is 18.2 Å². The topological polar surface area (TPSA) is 71.6 Å². The minimum Gasteiger partial charge on any atom is -0.486 e. The lowest BCUT2D eigenvalue weighted by atomic mass is 9.86. The van der Waals surface area contributed by atoms with E-state index in [4.69, 9.17) is 21.7 Å². The van der Waals surface area contributed by atoms with E-state index in [0.717, 1.165) is 17.9 Å². The van der Waals surface area contributed by atoms with Crippen LogP contribution in [0.2, 0.25) is 0 Å². The Bertz CT molecular complexity index is 618. The molecule has 136 valence electrons. The average Bonchev–Trinajstić information content (AvgIpc) is 2.65. The van der Waals surface area contributed by atoms with Crippen LogP contribution in [0, 0.1) is 5.92 Å². The van der Waals surface area contributed by atoms with Crippen molar-refractivity contribution in [2.75, 3.05) is 18.5 Å². The van der Waals surface area contributed by atoms with Crippen LogP contribution < -0.4 is 25.6 Å². The maximum Gasteiger partial charge on any atom is 0.238 e. The summed E-state index contributed by atoms with van der Waals surface area (Å²) < 4.78 is 11.0. The average molecular weight is 363 g/mol. The van der Waals surface area contributed by atoms with Gasteiger partial charge >= 0.3 is 0 Å². The Kier molecular flexibility index (Phi) is 6.33. The van der Waals surface area contributed by atoms with Crippen LogP contribution in [-0.4, -0.2) is 24.2 Å². The number of carbonyl (C=O) groups excluding carboxylic acids is 1. The van der Waals surface area contributed by atoms with Crippen LogP contribution in [0.25, 0.3) is 0 Å². The highest BCUT2D eigenvalue weighted by Crippen LogP contribution is 2.32. The Labute approximate surface area is 153 Å². The van der Waals surface area contributed by atoms with E-state index in [-0.39, 0.29) is 5.91 Å². The second kappa shape index (κ2) is 8.89. The van der Waals surface area contributed by atoms with Crippen molar-refractivity contribution in [1.29, 1.82) is 0 Å². The van der Waals surface area contributed by atoms with Gasteiger partial charge in [-0.1, -0.05) is 32.1 Å². The first-order valence-electron chi connectivity index (χ1n) is 8.96. The number of anilines is 1. The third-order valence-corrected chi connectivity index (χ3v) is 4.82. The molecule has 3 N–H and O–H groups in total. The van der Waals surface area contributed by atoms with Gasteiger partial charge in [0.1, 0.15) is 13.2 Å². The molecule has 3 rings (SSSR count). The molecular formula is C18H25N3O3S. The molecular weight excluding hydrogens is 338 g/mol. The zero-order valence-electron chi connectivity index (χ0n) is 14.3. The molecule has 1 aromatic rings. The highest BCUT2D eigenvalue weighted by molar-refractivity contribution is 7.80. The molecule has 2 aliphatic rings. The van der Waals surface area contributed by atoms with Gasteiger partial charge in [-0.15, -0.1) is 0 Å². The molecule has 1 aliphatic carbocycles. The number of amides is 1. The van der Waals surface area contributed by atoms with E-state index in [9.17, 15) is 4.79 Å². The van der Waals surface area contributed by atoms with Gasteiger partial charge in [-0.3, -0.25) is 15.6 Å². The van der Waals surface area contributed by atoms with Gasteiger partial charge in [0.25, 0.3) is 0 Å². The lowest BCUT2D eigenvalue weighted by molar-refractivity contribution is -0.122. The molecule has 1 aromatic carbocycles. The van der Waals surface area contributed by atoms with Crippen molar-refractivity contribution in [1.82, 2.24) is 10.9 Å². The fraction of sp³-hybridized carbons (Fsp3) is 0.556. The summed E-state index contributed by atoms with van der Waals surface area (Å²) in [7, 11) is 0. The van der Waals surface area contributed by atoms with Crippen LogP contribution in [0.4, 0.5) is 5.69 Å². The minimum atomic E-state index is -0.0307. The first-order chi connectivity index (χ1) is 12.2. The van der Waals surface area contributed by atoms with Crippen molar-refractivity contribution >= 4 is 28.9 Å². The zero-order valence-corrected chi connectivity index (χ0v) is 15.1. The normalized spacial score (nSPS) is 16.8. The summed E-state index contributed by atoms with van der Waals surface area (Å²) in [5, 5.41) is 3.36. The van der Waals surface area contributed by atoms with Gasteiger partial charge in [0.2, 0.25) is 5.91 Å². The van der Waals surface area contributed by atoms with Gasteiger partial charge in [0, 0.05) is 18.2 Å². The molecule has 0 bridgehead atoms. The van der Waals surface area contributed by atoms with E-state index in [1.807, 2.05) is 18.2 Å². The maximum absolute atomic E-state index is 11.9. The van der Waals surface area contributed by atoms with Gasteiger partial charge in [-0.05, 0) is 36.7 Å². The van der Waals surface area contributed by atoms with Crippen molar-refractivity contribution in [2.24, 2.45) is 5.92 Å². The highest BCUT2D eigenvalue weighted by atomic mass is 32.1. The molecule has 25 heavy (non-hydrogen) atoms. The second-order valence-corrected chi connectivity index (χ2v) is 6.94. The van der Waals surface area contributed by atoms with Crippen molar-refractivity contribution in [3.63, 3.8) is 0 Å². The number of thiocarbonyl (C=S) groups is 1.